The zero-order valence-electron chi connectivity index (χ0n) is 13.8. The van der Waals surface area contributed by atoms with Gasteiger partial charge in [0.25, 0.3) is 0 Å². The van der Waals surface area contributed by atoms with Crippen LogP contribution in [0.3, 0.4) is 0 Å². The van der Waals surface area contributed by atoms with Crippen molar-refractivity contribution in [3.8, 4) is 0 Å². The van der Waals surface area contributed by atoms with Crippen molar-refractivity contribution in [3.05, 3.63) is 59.9 Å². The van der Waals surface area contributed by atoms with E-state index < -0.39 is 15.8 Å². The molecule has 2 aromatic carbocycles. The van der Waals surface area contributed by atoms with Crippen molar-refractivity contribution < 1.29 is 12.8 Å². The Kier molecular flexibility index (Phi) is 4.60. The number of hydrogen-bond donors (Lipinski definition) is 0. The Morgan fingerprint density at radius 1 is 1.08 bits per heavy atom. The molecule has 4 nitrogen and oxygen atoms in total. The van der Waals surface area contributed by atoms with E-state index in [1.165, 1.54) is 28.1 Å². The van der Waals surface area contributed by atoms with Crippen molar-refractivity contribution in [3.63, 3.8) is 0 Å². The first kappa shape index (κ1) is 16.9. The van der Waals surface area contributed by atoms with E-state index in [1.807, 2.05) is 13.8 Å². The minimum Gasteiger partial charge on any atom is -0.366 e. The van der Waals surface area contributed by atoms with Crippen molar-refractivity contribution in [1.82, 2.24) is 4.31 Å². The highest BCUT2D eigenvalue weighted by atomic mass is 32.2. The third kappa shape index (κ3) is 3.30. The number of rotatable bonds is 3. The summed E-state index contributed by atoms with van der Waals surface area (Å²) in [4.78, 5) is 2.22. The van der Waals surface area contributed by atoms with Gasteiger partial charge in [-0.15, -0.1) is 0 Å². The second-order valence-corrected chi connectivity index (χ2v) is 8.14. The quantitative estimate of drug-likeness (QED) is 0.856. The first-order chi connectivity index (χ1) is 11.4. The number of halogens is 1. The maximum absolute atomic E-state index is 13.4. The molecular formula is C18H21FN2O2S. The second kappa shape index (κ2) is 6.53. The maximum atomic E-state index is 13.4. The Morgan fingerprint density at radius 3 is 2.42 bits per heavy atom. The van der Waals surface area contributed by atoms with E-state index >= 15 is 0 Å². The van der Waals surface area contributed by atoms with Crippen LogP contribution in [0, 0.1) is 12.7 Å². The molecule has 2 aromatic rings. The zero-order chi connectivity index (χ0) is 17.3. The average Bonchev–Trinajstić information content (AvgIpc) is 2.56. The van der Waals surface area contributed by atoms with Crippen LogP contribution < -0.4 is 4.90 Å². The third-order valence-electron chi connectivity index (χ3n) is 4.39. The average molecular weight is 348 g/mol. The molecule has 1 aliphatic rings. The molecule has 0 radical (unpaired) electrons. The first-order valence-corrected chi connectivity index (χ1v) is 9.41. The molecule has 1 heterocycles. The van der Waals surface area contributed by atoms with Crippen molar-refractivity contribution >= 4 is 15.7 Å². The smallest absolute Gasteiger partial charge is 0.243 e. The maximum Gasteiger partial charge on any atom is 0.243 e. The molecule has 1 unspecified atom stereocenters. The van der Waals surface area contributed by atoms with E-state index in [1.54, 1.807) is 0 Å². The summed E-state index contributed by atoms with van der Waals surface area (Å²) in [5.74, 6) is -0.539. The topological polar surface area (TPSA) is 40.6 Å². The predicted octanol–water partition coefficient (Wildman–Crippen LogP) is 3.03. The van der Waals surface area contributed by atoms with Gasteiger partial charge in [-0.25, -0.2) is 12.8 Å². The number of benzene rings is 2. The molecule has 1 fully saturated rings. The first-order valence-electron chi connectivity index (χ1n) is 7.97. The highest BCUT2D eigenvalue weighted by Crippen LogP contribution is 2.25. The molecule has 0 aromatic heterocycles. The van der Waals surface area contributed by atoms with E-state index in [-0.39, 0.29) is 10.9 Å². The molecule has 0 amide bonds. The molecule has 24 heavy (non-hydrogen) atoms. The molecule has 0 bridgehead atoms. The van der Waals surface area contributed by atoms with Gasteiger partial charge in [0.1, 0.15) is 5.82 Å². The molecule has 0 saturated carbocycles. The molecule has 128 valence electrons. The van der Waals surface area contributed by atoms with Crippen LogP contribution in [0.15, 0.2) is 53.4 Å². The van der Waals surface area contributed by atoms with E-state index in [4.69, 9.17) is 0 Å². The molecule has 6 heteroatoms. The summed E-state index contributed by atoms with van der Waals surface area (Å²) >= 11 is 0. The fourth-order valence-electron chi connectivity index (χ4n) is 3.04. The number of nitrogens with zero attached hydrogens (tertiary/aromatic N) is 2. The number of anilines is 1. The standard InChI is InChI=1S/C18H21FN2O2S/c1-14-6-8-17(9-7-14)21-11-10-20(13-15(21)2)24(22,23)18-5-3-4-16(19)12-18/h3-9,12,15H,10-11,13H2,1-2H3. The molecule has 1 aliphatic heterocycles. The van der Waals surface area contributed by atoms with Crippen molar-refractivity contribution in [1.29, 1.82) is 0 Å². The number of hydrogen-bond acceptors (Lipinski definition) is 3. The lowest BCUT2D eigenvalue weighted by Gasteiger charge is -2.40. The Morgan fingerprint density at radius 2 is 1.79 bits per heavy atom. The molecule has 0 spiro atoms. The van der Waals surface area contributed by atoms with Crippen LogP contribution in [0.5, 0.6) is 0 Å². The third-order valence-corrected chi connectivity index (χ3v) is 6.25. The Hall–Kier alpha value is -1.92. The lowest BCUT2D eigenvalue weighted by Crippen LogP contribution is -2.53. The largest absolute Gasteiger partial charge is 0.366 e. The van der Waals surface area contributed by atoms with Gasteiger partial charge in [-0.05, 0) is 44.2 Å². The number of aryl methyl sites for hydroxylation is 1. The van der Waals surface area contributed by atoms with Gasteiger partial charge in [0.15, 0.2) is 0 Å². The highest BCUT2D eigenvalue weighted by Gasteiger charge is 2.32. The summed E-state index contributed by atoms with van der Waals surface area (Å²) in [7, 11) is -3.66. The van der Waals surface area contributed by atoms with Gasteiger partial charge in [0.2, 0.25) is 10.0 Å². The van der Waals surface area contributed by atoms with Crippen LogP contribution in [-0.2, 0) is 10.0 Å². The Balaban J connectivity index is 1.79. The second-order valence-electron chi connectivity index (χ2n) is 6.20. The van der Waals surface area contributed by atoms with Crippen LogP contribution in [-0.4, -0.2) is 38.4 Å². The van der Waals surface area contributed by atoms with Crippen LogP contribution >= 0.6 is 0 Å². The SMILES string of the molecule is Cc1ccc(N2CCN(S(=O)(=O)c3cccc(F)c3)CC2C)cc1. The van der Waals surface area contributed by atoms with E-state index in [0.717, 1.165) is 11.8 Å². The lowest BCUT2D eigenvalue weighted by molar-refractivity contribution is 0.342. The molecule has 0 N–H and O–H groups in total. The summed E-state index contributed by atoms with van der Waals surface area (Å²) in [6.45, 7) is 5.42. The van der Waals surface area contributed by atoms with Crippen LogP contribution in [0.25, 0.3) is 0 Å². The normalized spacial score (nSPS) is 19.5. The van der Waals surface area contributed by atoms with Crippen molar-refractivity contribution in [2.75, 3.05) is 24.5 Å². The van der Waals surface area contributed by atoms with Crippen molar-refractivity contribution in [2.45, 2.75) is 24.8 Å². The highest BCUT2D eigenvalue weighted by molar-refractivity contribution is 7.89. The number of piperazine rings is 1. The van der Waals surface area contributed by atoms with E-state index in [9.17, 15) is 12.8 Å². The summed E-state index contributed by atoms with van der Waals surface area (Å²) in [6, 6.07) is 13.5. The van der Waals surface area contributed by atoms with Crippen LogP contribution in [0.1, 0.15) is 12.5 Å². The summed E-state index contributed by atoms with van der Waals surface area (Å²) in [6.07, 6.45) is 0. The van der Waals surface area contributed by atoms with Crippen molar-refractivity contribution in [2.24, 2.45) is 0 Å². The van der Waals surface area contributed by atoms with Gasteiger partial charge in [-0.1, -0.05) is 23.8 Å². The fraction of sp³-hybridized carbons (Fsp3) is 0.333. The fourth-order valence-corrected chi connectivity index (χ4v) is 4.58. The summed E-state index contributed by atoms with van der Waals surface area (Å²) in [5.41, 5.74) is 2.29. The summed E-state index contributed by atoms with van der Waals surface area (Å²) in [5, 5.41) is 0. The van der Waals surface area contributed by atoms with Gasteiger partial charge in [-0.2, -0.15) is 4.31 Å². The lowest BCUT2D eigenvalue weighted by atomic mass is 10.1. The van der Waals surface area contributed by atoms with E-state index in [2.05, 4.69) is 29.2 Å². The van der Waals surface area contributed by atoms with Crippen LogP contribution in [0.2, 0.25) is 0 Å². The minimum atomic E-state index is -3.66. The van der Waals surface area contributed by atoms with E-state index in [0.29, 0.717) is 19.6 Å². The summed E-state index contributed by atoms with van der Waals surface area (Å²) < 4.78 is 40.2. The molecular weight excluding hydrogens is 327 g/mol. The minimum absolute atomic E-state index is 0.0125. The van der Waals surface area contributed by atoms with Gasteiger partial charge in [0.05, 0.1) is 4.90 Å². The van der Waals surface area contributed by atoms with Gasteiger partial charge in [-0.3, -0.25) is 0 Å². The van der Waals surface area contributed by atoms with Crippen LogP contribution in [0.4, 0.5) is 10.1 Å². The number of sulfonamides is 1. The van der Waals surface area contributed by atoms with Gasteiger partial charge >= 0.3 is 0 Å². The monoisotopic (exact) mass is 348 g/mol. The molecule has 3 rings (SSSR count). The Bertz CT molecular complexity index is 821. The zero-order valence-corrected chi connectivity index (χ0v) is 14.6. The predicted molar refractivity (Wildman–Crippen MR) is 93.1 cm³/mol. The van der Waals surface area contributed by atoms with Gasteiger partial charge < -0.3 is 4.90 Å². The van der Waals surface area contributed by atoms with Gasteiger partial charge in [0, 0.05) is 31.4 Å². The Labute approximate surface area is 142 Å². The molecule has 1 saturated heterocycles. The molecule has 0 aliphatic carbocycles. The molecule has 1 atom stereocenters.